The largest absolute Gasteiger partial charge is 0.478 e. The first-order chi connectivity index (χ1) is 8.04. The maximum absolute atomic E-state index is 11.2. The summed E-state index contributed by atoms with van der Waals surface area (Å²) in [6, 6.07) is 3.72. The van der Waals surface area contributed by atoms with E-state index in [1.165, 1.54) is 0 Å². The number of carboxylic acid groups (broad SMARTS) is 1. The van der Waals surface area contributed by atoms with E-state index in [0.717, 1.165) is 11.3 Å². The average molecular weight is 295 g/mol. The fourth-order valence-corrected chi connectivity index (χ4v) is 2.78. The lowest BCUT2D eigenvalue weighted by molar-refractivity contribution is 0.0695. The first kappa shape index (κ1) is 11.9. The zero-order valence-corrected chi connectivity index (χ0v) is 11.0. The fourth-order valence-electron chi connectivity index (χ4n) is 1.83. The summed E-state index contributed by atoms with van der Waals surface area (Å²) in [5, 5.41) is 9.17. The van der Waals surface area contributed by atoms with Gasteiger partial charge in [-0.15, -0.1) is 0 Å². The van der Waals surface area contributed by atoms with E-state index in [-0.39, 0.29) is 0 Å². The molecule has 0 bridgehead atoms. The zero-order valence-electron chi connectivity index (χ0n) is 9.44. The quantitative estimate of drug-likeness (QED) is 0.927. The van der Waals surface area contributed by atoms with E-state index in [9.17, 15) is 9.90 Å². The van der Waals surface area contributed by atoms with Crippen LogP contribution in [0, 0.1) is 6.92 Å². The summed E-state index contributed by atoms with van der Waals surface area (Å²) in [5.41, 5.74) is 2.72. The monoisotopic (exact) mass is 294 g/mol. The second-order valence-corrected chi connectivity index (χ2v) is 4.52. The first-order valence-corrected chi connectivity index (χ1v) is 5.81. The molecule has 0 aliphatic heterocycles. The highest BCUT2D eigenvalue weighted by atomic mass is 79.9. The Morgan fingerprint density at radius 2 is 2.24 bits per heavy atom. The summed E-state index contributed by atoms with van der Waals surface area (Å²) >= 11 is 3.36. The van der Waals surface area contributed by atoms with E-state index in [1.54, 1.807) is 19.3 Å². The maximum atomic E-state index is 11.2. The highest BCUT2D eigenvalue weighted by molar-refractivity contribution is 9.10. The van der Waals surface area contributed by atoms with Crippen LogP contribution in [0.4, 0.5) is 0 Å². The molecule has 4 nitrogen and oxygen atoms in total. The molecule has 2 rings (SSSR count). The molecule has 0 saturated carbocycles. The smallest absolute Gasteiger partial charge is 0.338 e. The molecule has 0 unspecified atom stereocenters. The van der Waals surface area contributed by atoms with E-state index >= 15 is 0 Å². The van der Waals surface area contributed by atoms with E-state index in [1.807, 2.05) is 23.7 Å². The Hall–Kier alpha value is -1.62. The first-order valence-electron chi connectivity index (χ1n) is 5.02. The third-order valence-electron chi connectivity index (χ3n) is 2.78. The van der Waals surface area contributed by atoms with Crippen LogP contribution in [0.25, 0.3) is 11.3 Å². The van der Waals surface area contributed by atoms with Crippen molar-refractivity contribution in [3.8, 4) is 11.3 Å². The van der Waals surface area contributed by atoms with Crippen LogP contribution in [-0.4, -0.2) is 20.6 Å². The van der Waals surface area contributed by atoms with Crippen molar-refractivity contribution in [1.82, 2.24) is 9.55 Å². The third-order valence-corrected chi connectivity index (χ3v) is 3.55. The van der Waals surface area contributed by atoms with Gasteiger partial charge in [0, 0.05) is 30.7 Å². The molecule has 0 atom stereocenters. The molecule has 17 heavy (non-hydrogen) atoms. The highest BCUT2D eigenvalue weighted by Gasteiger charge is 2.22. The van der Waals surface area contributed by atoms with Crippen LogP contribution in [0.1, 0.15) is 16.1 Å². The summed E-state index contributed by atoms with van der Waals surface area (Å²) in [6.07, 6.45) is 3.40. The molecule has 0 aromatic carbocycles. The van der Waals surface area contributed by atoms with Crippen molar-refractivity contribution in [2.24, 2.45) is 7.05 Å². The van der Waals surface area contributed by atoms with Gasteiger partial charge in [-0.25, -0.2) is 4.79 Å². The molecule has 5 heteroatoms. The molecule has 0 saturated heterocycles. The number of pyridine rings is 1. The number of hydrogen-bond donors (Lipinski definition) is 1. The van der Waals surface area contributed by atoms with Crippen LogP contribution in [-0.2, 0) is 7.05 Å². The van der Waals surface area contributed by atoms with Crippen molar-refractivity contribution < 1.29 is 9.90 Å². The summed E-state index contributed by atoms with van der Waals surface area (Å²) in [6.45, 7) is 1.79. The Bertz CT molecular complexity index is 576. The van der Waals surface area contributed by atoms with Crippen molar-refractivity contribution in [1.29, 1.82) is 0 Å². The molecule has 0 spiro atoms. The van der Waals surface area contributed by atoms with Gasteiger partial charge in [-0.05, 0) is 35.0 Å². The summed E-state index contributed by atoms with van der Waals surface area (Å²) in [4.78, 5) is 15.2. The molecular weight excluding hydrogens is 284 g/mol. The maximum Gasteiger partial charge on any atom is 0.338 e. The van der Waals surface area contributed by atoms with Crippen molar-refractivity contribution >= 4 is 21.9 Å². The molecule has 0 amide bonds. The minimum absolute atomic E-state index is 0.298. The minimum atomic E-state index is -0.930. The van der Waals surface area contributed by atoms with Gasteiger partial charge in [0.2, 0.25) is 0 Å². The van der Waals surface area contributed by atoms with E-state index in [4.69, 9.17) is 0 Å². The van der Waals surface area contributed by atoms with Crippen molar-refractivity contribution in [2.45, 2.75) is 6.92 Å². The van der Waals surface area contributed by atoms with Gasteiger partial charge in [0.15, 0.2) is 0 Å². The number of hydrogen-bond acceptors (Lipinski definition) is 2. The van der Waals surface area contributed by atoms with Gasteiger partial charge in [-0.2, -0.15) is 0 Å². The molecule has 2 aromatic rings. The molecule has 0 radical (unpaired) electrons. The number of carboxylic acids is 1. The van der Waals surface area contributed by atoms with Gasteiger partial charge >= 0.3 is 5.97 Å². The van der Waals surface area contributed by atoms with Crippen molar-refractivity contribution in [2.75, 3.05) is 0 Å². The minimum Gasteiger partial charge on any atom is -0.478 e. The Morgan fingerprint density at radius 1 is 1.53 bits per heavy atom. The molecule has 2 aromatic heterocycles. The van der Waals surface area contributed by atoms with E-state index in [0.29, 0.717) is 15.7 Å². The highest BCUT2D eigenvalue weighted by Crippen LogP contribution is 2.34. The van der Waals surface area contributed by atoms with Gasteiger partial charge in [-0.3, -0.25) is 4.98 Å². The predicted octanol–water partition coefficient (Wildman–Crippen LogP) is 2.86. The Balaban J connectivity index is 2.72. The topological polar surface area (TPSA) is 55.1 Å². The average Bonchev–Trinajstić information content (AvgIpc) is 2.51. The molecule has 1 N–H and O–H groups in total. The SMILES string of the molecule is Cc1c(C(=O)O)c(Br)c(-c2cccnc2)n1C. The standard InChI is InChI=1S/C12H11BrN2O2/c1-7-9(12(16)17)10(13)11(15(7)2)8-4-3-5-14-6-8/h3-6H,1-2H3,(H,16,17). The predicted molar refractivity (Wildman–Crippen MR) is 68.0 cm³/mol. The third kappa shape index (κ3) is 1.86. The van der Waals surface area contributed by atoms with Gasteiger partial charge in [0.25, 0.3) is 0 Å². The molecular formula is C12H11BrN2O2. The Labute approximate surface area is 107 Å². The summed E-state index contributed by atoms with van der Waals surface area (Å²) in [5.74, 6) is -0.930. The van der Waals surface area contributed by atoms with E-state index in [2.05, 4.69) is 20.9 Å². The van der Waals surface area contributed by atoms with Crippen LogP contribution >= 0.6 is 15.9 Å². The number of aromatic nitrogens is 2. The van der Waals surface area contributed by atoms with Gasteiger partial charge in [-0.1, -0.05) is 0 Å². The van der Waals surface area contributed by atoms with Gasteiger partial charge in [0.1, 0.15) is 0 Å². The van der Waals surface area contributed by atoms with Crippen LogP contribution in [0.3, 0.4) is 0 Å². The number of aromatic carboxylic acids is 1. The molecule has 0 aliphatic carbocycles. The lowest BCUT2D eigenvalue weighted by Crippen LogP contribution is -2.00. The molecule has 0 aliphatic rings. The zero-order chi connectivity index (χ0) is 12.6. The Morgan fingerprint density at radius 3 is 2.71 bits per heavy atom. The molecule has 88 valence electrons. The number of rotatable bonds is 2. The van der Waals surface area contributed by atoms with Crippen molar-refractivity contribution in [3.05, 3.63) is 40.3 Å². The van der Waals surface area contributed by atoms with Gasteiger partial charge in [0.05, 0.1) is 15.7 Å². The Kier molecular flexibility index (Phi) is 3.02. The normalized spacial score (nSPS) is 10.5. The van der Waals surface area contributed by atoms with Gasteiger partial charge < -0.3 is 9.67 Å². The number of carbonyl (C=O) groups is 1. The number of nitrogens with zero attached hydrogens (tertiary/aromatic N) is 2. The molecule has 2 heterocycles. The second-order valence-electron chi connectivity index (χ2n) is 3.73. The van der Waals surface area contributed by atoms with Crippen LogP contribution < -0.4 is 0 Å². The summed E-state index contributed by atoms with van der Waals surface area (Å²) < 4.78 is 2.45. The number of halogens is 1. The van der Waals surface area contributed by atoms with Crippen LogP contribution in [0.2, 0.25) is 0 Å². The second kappa shape index (κ2) is 4.33. The van der Waals surface area contributed by atoms with Crippen LogP contribution in [0.5, 0.6) is 0 Å². The van der Waals surface area contributed by atoms with Crippen molar-refractivity contribution in [3.63, 3.8) is 0 Å². The lowest BCUT2D eigenvalue weighted by Gasteiger charge is -2.04. The van der Waals surface area contributed by atoms with E-state index < -0.39 is 5.97 Å². The summed E-state index contributed by atoms with van der Waals surface area (Å²) in [7, 11) is 1.84. The fraction of sp³-hybridized carbons (Fsp3) is 0.167. The van der Waals surface area contributed by atoms with Crippen LogP contribution in [0.15, 0.2) is 29.0 Å². The molecule has 0 fully saturated rings. The lowest BCUT2D eigenvalue weighted by atomic mass is 10.2.